The summed E-state index contributed by atoms with van der Waals surface area (Å²) in [6.45, 7) is 4.16. The number of piperidine rings is 1. The number of aromatic nitrogens is 1. The third-order valence-electron chi connectivity index (χ3n) is 4.25. The van der Waals surface area contributed by atoms with E-state index in [4.69, 9.17) is 5.84 Å². The molecule has 1 aliphatic heterocycles. The first kappa shape index (κ1) is 12.1. The number of nitrogens with zero attached hydrogens (tertiary/aromatic N) is 2. The minimum atomic E-state index is -0.172. The van der Waals surface area contributed by atoms with Crippen LogP contribution in [-0.2, 0) is 16.1 Å². The third kappa shape index (κ3) is 1.56. The number of hydrazine groups is 1. The number of likely N-dealkylation sites (tertiary alicyclic amines) is 1. The van der Waals surface area contributed by atoms with E-state index in [0.29, 0.717) is 5.82 Å². The second-order valence-corrected chi connectivity index (χ2v) is 5.69. The van der Waals surface area contributed by atoms with Crippen molar-refractivity contribution in [3.8, 4) is 0 Å². The molecule has 2 atom stereocenters. The zero-order valence-electron chi connectivity index (χ0n) is 10.9. The maximum atomic E-state index is 12.2. The number of carbonyl (C=O) groups excluding carboxylic acids is 2. The predicted octanol–water partition coefficient (Wildman–Crippen LogP) is 0.508. The van der Waals surface area contributed by atoms with Gasteiger partial charge in [-0.1, -0.05) is 19.9 Å². The van der Waals surface area contributed by atoms with Gasteiger partial charge in [0.05, 0.1) is 18.4 Å². The third-order valence-corrected chi connectivity index (χ3v) is 4.25. The second-order valence-electron chi connectivity index (χ2n) is 5.69. The van der Waals surface area contributed by atoms with E-state index >= 15 is 0 Å². The lowest BCUT2D eigenvalue weighted by atomic mass is 10.1. The molecular weight excluding hydrogens is 244 g/mol. The average molecular weight is 260 g/mol. The molecule has 19 heavy (non-hydrogen) atoms. The maximum Gasteiger partial charge on any atom is 0.233 e. The largest absolute Gasteiger partial charge is 0.308 e. The number of nitrogen functional groups attached to an aromatic ring is 1. The Hall–Kier alpha value is -1.95. The first-order valence-corrected chi connectivity index (χ1v) is 6.24. The average Bonchev–Trinajstić information content (AvgIpc) is 2.86. The van der Waals surface area contributed by atoms with Gasteiger partial charge in [-0.25, -0.2) is 10.8 Å². The summed E-state index contributed by atoms with van der Waals surface area (Å²) in [4.78, 5) is 29.8. The summed E-state index contributed by atoms with van der Waals surface area (Å²) in [6, 6.07) is 3.56. The fourth-order valence-electron chi connectivity index (χ4n) is 3.03. The van der Waals surface area contributed by atoms with Crippen LogP contribution >= 0.6 is 0 Å². The molecule has 0 bridgehead atoms. The minimum absolute atomic E-state index is 0.0770. The van der Waals surface area contributed by atoms with Gasteiger partial charge in [0.25, 0.3) is 0 Å². The lowest BCUT2D eigenvalue weighted by molar-refractivity contribution is -0.143. The molecule has 0 spiro atoms. The number of hydrogen-bond acceptors (Lipinski definition) is 5. The molecule has 3 N–H and O–H groups in total. The van der Waals surface area contributed by atoms with Gasteiger partial charge >= 0.3 is 0 Å². The molecule has 6 heteroatoms. The fraction of sp³-hybridized carbons (Fsp3) is 0.462. The van der Waals surface area contributed by atoms with Crippen molar-refractivity contribution >= 4 is 17.6 Å². The molecule has 2 aliphatic rings. The summed E-state index contributed by atoms with van der Waals surface area (Å²) >= 11 is 0. The summed E-state index contributed by atoms with van der Waals surface area (Å²) < 4.78 is 0. The molecule has 100 valence electrons. The normalized spacial score (nSPS) is 27.4. The van der Waals surface area contributed by atoms with E-state index in [-0.39, 0.29) is 35.6 Å². The molecule has 1 saturated carbocycles. The van der Waals surface area contributed by atoms with Crippen LogP contribution in [0.25, 0.3) is 0 Å². The minimum Gasteiger partial charge on any atom is -0.308 e. The Morgan fingerprint density at radius 2 is 2.00 bits per heavy atom. The summed E-state index contributed by atoms with van der Waals surface area (Å²) in [5, 5.41) is 0. The van der Waals surface area contributed by atoms with Crippen molar-refractivity contribution in [2.75, 3.05) is 5.43 Å². The number of amides is 2. The van der Waals surface area contributed by atoms with Gasteiger partial charge in [0.2, 0.25) is 11.8 Å². The van der Waals surface area contributed by atoms with Crippen LogP contribution in [0.4, 0.5) is 5.82 Å². The van der Waals surface area contributed by atoms with Gasteiger partial charge in [-0.05, 0) is 11.5 Å². The molecule has 1 saturated heterocycles. The number of fused-ring (bicyclic) bond motifs is 1. The van der Waals surface area contributed by atoms with Crippen molar-refractivity contribution in [1.29, 1.82) is 0 Å². The van der Waals surface area contributed by atoms with E-state index in [2.05, 4.69) is 10.4 Å². The van der Waals surface area contributed by atoms with Crippen LogP contribution in [0.3, 0.4) is 0 Å². The van der Waals surface area contributed by atoms with Gasteiger partial charge in [0.1, 0.15) is 5.82 Å². The van der Waals surface area contributed by atoms with E-state index in [1.807, 2.05) is 13.8 Å². The number of nitrogens with two attached hydrogens (primary N) is 1. The number of imide groups is 1. The van der Waals surface area contributed by atoms with Gasteiger partial charge in [-0.2, -0.15) is 0 Å². The van der Waals surface area contributed by atoms with Crippen LogP contribution in [0.1, 0.15) is 19.4 Å². The fourth-order valence-corrected chi connectivity index (χ4v) is 3.03. The van der Waals surface area contributed by atoms with Gasteiger partial charge < -0.3 is 5.43 Å². The van der Waals surface area contributed by atoms with Crippen LogP contribution < -0.4 is 11.3 Å². The van der Waals surface area contributed by atoms with Crippen molar-refractivity contribution in [3.05, 3.63) is 23.9 Å². The smallest absolute Gasteiger partial charge is 0.233 e. The molecule has 2 fully saturated rings. The molecule has 2 unspecified atom stereocenters. The monoisotopic (exact) mass is 260 g/mol. The number of nitrogens with one attached hydrogen (secondary N) is 1. The highest BCUT2D eigenvalue weighted by molar-refractivity contribution is 6.10. The number of carbonyl (C=O) groups is 2. The highest BCUT2D eigenvalue weighted by Gasteiger charge is 2.72. The predicted molar refractivity (Wildman–Crippen MR) is 68.4 cm³/mol. The number of pyridine rings is 1. The van der Waals surface area contributed by atoms with Gasteiger partial charge in [0.15, 0.2) is 0 Å². The zero-order valence-corrected chi connectivity index (χ0v) is 10.9. The first-order valence-electron chi connectivity index (χ1n) is 6.24. The van der Waals surface area contributed by atoms with Crippen molar-refractivity contribution in [2.24, 2.45) is 23.1 Å². The zero-order chi connectivity index (χ0) is 13.8. The molecule has 1 aromatic rings. The molecule has 3 rings (SSSR count). The number of anilines is 1. The quantitative estimate of drug-likeness (QED) is 0.469. The Labute approximate surface area is 111 Å². The molecular formula is C13H16N4O2. The lowest BCUT2D eigenvalue weighted by Crippen LogP contribution is -2.36. The Bertz CT molecular complexity index is 546. The van der Waals surface area contributed by atoms with Crippen LogP contribution in [-0.4, -0.2) is 21.7 Å². The molecule has 1 aliphatic carbocycles. The van der Waals surface area contributed by atoms with Gasteiger partial charge in [-0.15, -0.1) is 0 Å². The van der Waals surface area contributed by atoms with E-state index in [1.165, 1.54) is 4.90 Å². The van der Waals surface area contributed by atoms with E-state index in [0.717, 1.165) is 5.56 Å². The van der Waals surface area contributed by atoms with Gasteiger partial charge in [0, 0.05) is 11.8 Å². The molecule has 2 amide bonds. The van der Waals surface area contributed by atoms with Crippen molar-refractivity contribution < 1.29 is 9.59 Å². The first-order chi connectivity index (χ1) is 8.98. The molecule has 0 radical (unpaired) electrons. The van der Waals surface area contributed by atoms with Crippen LogP contribution in [0.5, 0.6) is 0 Å². The Balaban J connectivity index is 1.83. The summed E-state index contributed by atoms with van der Waals surface area (Å²) in [5.41, 5.74) is 3.05. The summed E-state index contributed by atoms with van der Waals surface area (Å²) in [7, 11) is 0. The summed E-state index contributed by atoms with van der Waals surface area (Å²) in [5.74, 6) is 5.41. The second kappa shape index (κ2) is 3.77. The topological polar surface area (TPSA) is 88.3 Å². The highest BCUT2D eigenvalue weighted by atomic mass is 16.2. The maximum absolute atomic E-state index is 12.2. The van der Waals surface area contributed by atoms with E-state index in [1.54, 1.807) is 18.3 Å². The van der Waals surface area contributed by atoms with Crippen molar-refractivity contribution in [2.45, 2.75) is 20.4 Å². The lowest BCUT2D eigenvalue weighted by Gasteiger charge is -2.21. The SMILES string of the molecule is CC1(C)C2C(=O)N(Cc3cccnc3NN)C(=O)C21. The Morgan fingerprint density at radius 1 is 1.37 bits per heavy atom. The van der Waals surface area contributed by atoms with E-state index in [9.17, 15) is 9.59 Å². The van der Waals surface area contributed by atoms with Crippen LogP contribution in [0, 0.1) is 17.3 Å². The summed E-state index contributed by atoms with van der Waals surface area (Å²) in [6.07, 6.45) is 1.60. The van der Waals surface area contributed by atoms with Crippen LogP contribution in [0.15, 0.2) is 18.3 Å². The van der Waals surface area contributed by atoms with Crippen molar-refractivity contribution in [3.63, 3.8) is 0 Å². The molecule has 0 aromatic carbocycles. The molecule has 2 heterocycles. The standard InChI is InChI=1S/C13H16N4O2/c1-13(2)8-9(13)12(19)17(11(8)18)6-7-4-3-5-15-10(7)16-14/h3-5,8-9H,6,14H2,1-2H3,(H,15,16). The van der Waals surface area contributed by atoms with Gasteiger partial charge in [-0.3, -0.25) is 14.5 Å². The van der Waals surface area contributed by atoms with Crippen molar-refractivity contribution in [1.82, 2.24) is 9.88 Å². The molecule has 6 nitrogen and oxygen atoms in total. The van der Waals surface area contributed by atoms with Crippen LogP contribution in [0.2, 0.25) is 0 Å². The molecule has 1 aromatic heterocycles. The highest BCUT2D eigenvalue weighted by Crippen LogP contribution is 2.63. The number of hydrogen-bond donors (Lipinski definition) is 2. The Morgan fingerprint density at radius 3 is 2.58 bits per heavy atom. The van der Waals surface area contributed by atoms with E-state index < -0.39 is 0 Å². The number of rotatable bonds is 3. The Kier molecular flexibility index (Phi) is 2.40.